The highest BCUT2D eigenvalue weighted by molar-refractivity contribution is 8.00. The first-order chi connectivity index (χ1) is 24.6. The van der Waals surface area contributed by atoms with Gasteiger partial charge in [-0.15, -0.1) is 0 Å². The fraction of sp³-hybridized carbons (Fsp3) is 0.892. The fourth-order valence-electron chi connectivity index (χ4n) is 5.14. The fourth-order valence-corrected chi connectivity index (χ4v) is 6.68. The largest absolute Gasteiger partial charge is 0.379 e. The van der Waals surface area contributed by atoms with Gasteiger partial charge in [0.2, 0.25) is 5.91 Å². The smallest absolute Gasteiger partial charge is 0.315 e. The molecule has 51 heavy (non-hydrogen) atoms. The lowest BCUT2D eigenvalue weighted by Crippen LogP contribution is -2.43. The number of carbonyl (C=O) groups is 4. The number of ether oxygens (including phenoxy) is 4. The van der Waals surface area contributed by atoms with Crippen molar-refractivity contribution in [1.29, 1.82) is 0 Å². The molecule has 14 heteroatoms. The maximum Gasteiger partial charge on any atom is 0.315 e. The summed E-state index contributed by atoms with van der Waals surface area (Å²) in [5.41, 5.74) is 0. The van der Waals surface area contributed by atoms with Gasteiger partial charge in [0.05, 0.1) is 50.7 Å². The highest BCUT2D eigenvalue weighted by Crippen LogP contribution is 2.33. The van der Waals surface area contributed by atoms with Gasteiger partial charge in [-0.3, -0.25) is 4.79 Å². The minimum absolute atomic E-state index is 0.0430. The molecule has 300 valence electrons. The van der Waals surface area contributed by atoms with Crippen LogP contribution in [0.2, 0.25) is 0 Å². The molecule has 0 radical (unpaired) electrons. The maximum atomic E-state index is 11.9. The van der Waals surface area contributed by atoms with Gasteiger partial charge in [-0.05, 0) is 52.4 Å². The van der Waals surface area contributed by atoms with Crippen LogP contribution in [0.15, 0.2) is 0 Å². The van der Waals surface area contributed by atoms with E-state index in [9.17, 15) is 19.2 Å². The molecular weight excluding hydrogens is 675 g/mol. The zero-order valence-corrected chi connectivity index (χ0v) is 33.7. The van der Waals surface area contributed by atoms with E-state index in [-0.39, 0.29) is 42.2 Å². The first-order valence-electron chi connectivity index (χ1n) is 19.4. The van der Waals surface area contributed by atoms with Gasteiger partial charge in [-0.1, -0.05) is 53.4 Å². The first kappa shape index (κ1) is 48.9. The van der Waals surface area contributed by atoms with E-state index in [0.29, 0.717) is 57.0 Å². The van der Waals surface area contributed by atoms with Crippen LogP contribution in [0.25, 0.3) is 0 Å². The van der Waals surface area contributed by atoms with Crippen molar-refractivity contribution in [2.75, 3.05) is 65.6 Å². The summed E-state index contributed by atoms with van der Waals surface area (Å²) in [6.07, 6.45) is 11.8. The third kappa shape index (κ3) is 27.2. The molecule has 0 bridgehead atoms. The summed E-state index contributed by atoms with van der Waals surface area (Å²) in [7, 11) is 1.61. The standard InChI is InChI=1S/C21H39N3O5S.C7H14N2O2.C6H12O.C3H8/c1-2-3-10-27-12-14-29-15-13-28-11-6-9-22-19(25)8-5-4-7-18-20-17(16-30-18)23-21(26)24-20;1-5-6(3-4-11-5)9-7(10)8-2;1-3-4-5-6(2)7;1-3-2/h17-18,20H,2-16H2,1H3,(H,22,25)(H2,23,24,26);5-6H,3-4H2,1-2H3,(H2,8,9,10);3-5H2,1-2H3;3H2,1-2H3. The van der Waals surface area contributed by atoms with E-state index in [0.717, 1.165) is 83.2 Å². The Morgan fingerprint density at radius 3 is 2.04 bits per heavy atom. The minimum atomic E-state index is -0.132. The van der Waals surface area contributed by atoms with Crippen LogP contribution in [-0.2, 0) is 28.5 Å². The van der Waals surface area contributed by atoms with Crippen molar-refractivity contribution in [3.05, 3.63) is 0 Å². The number of thioether (sulfide) groups is 1. The summed E-state index contributed by atoms with van der Waals surface area (Å²) in [6.45, 7) is 17.3. The maximum absolute atomic E-state index is 11.9. The average molecular weight is 748 g/mol. The van der Waals surface area contributed by atoms with Gasteiger partial charge in [0.25, 0.3) is 0 Å². The second kappa shape index (κ2) is 33.7. The van der Waals surface area contributed by atoms with Crippen LogP contribution in [0.1, 0.15) is 119 Å². The number of carbonyl (C=O) groups excluding carboxylic acids is 4. The Labute approximate surface area is 313 Å². The molecule has 0 aromatic rings. The third-order valence-electron chi connectivity index (χ3n) is 8.06. The van der Waals surface area contributed by atoms with Crippen molar-refractivity contribution in [2.45, 2.75) is 148 Å². The molecule has 0 aromatic heterocycles. The van der Waals surface area contributed by atoms with Gasteiger partial charge in [0.15, 0.2) is 0 Å². The lowest BCUT2D eigenvalue weighted by molar-refractivity contribution is -0.121. The molecule has 3 rings (SSSR count). The van der Waals surface area contributed by atoms with Crippen molar-refractivity contribution in [1.82, 2.24) is 26.6 Å². The SMILES string of the molecule is CCC.CCCCC(C)=O.CCCCOCCOCCOCCCNC(=O)CCCCC1SCC2NC(=O)NC21.CNC(=O)NC1CCOC1C. The molecule has 0 aromatic carbocycles. The molecule has 13 nitrogen and oxygen atoms in total. The number of amides is 5. The van der Waals surface area contributed by atoms with E-state index >= 15 is 0 Å². The highest BCUT2D eigenvalue weighted by Gasteiger charge is 2.42. The van der Waals surface area contributed by atoms with Crippen molar-refractivity contribution < 1.29 is 38.1 Å². The molecule has 3 saturated heterocycles. The predicted molar refractivity (Wildman–Crippen MR) is 207 cm³/mol. The van der Waals surface area contributed by atoms with Crippen LogP contribution in [-0.4, -0.2) is 119 Å². The summed E-state index contributed by atoms with van der Waals surface area (Å²) < 4.78 is 21.6. The van der Waals surface area contributed by atoms with Gasteiger partial charge in [-0.2, -0.15) is 11.8 Å². The monoisotopic (exact) mass is 748 g/mol. The first-order valence-corrected chi connectivity index (χ1v) is 20.5. The van der Waals surface area contributed by atoms with Gasteiger partial charge in [0.1, 0.15) is 5.78 Å². The van der Waals surface area contributed by atoms with Crippen molar-refractivity contribution in [3.8, 4) is 0 Å². The Kier molecular flexibility index (Phi) is 32.3. The van der Waals surface area contributed by atoms with Gasteiger partial charge in [-0.25, -0.2) is 9.59 Å². The van der Waals surface area contributed by atoms with Crippen LogP contribution in [0.5, 0.6) is 0 Å². The number of unbranched alkanes of at least 4 members (excludes halogenated alkanes) is 3. The van der Waals surface area contributed by atoms with Crippen molar-refractivity contribution in [3.63, 3.8) is 0 Å². The Hall–Kier alpha value is -2.13. The van der Waals surface area contributed by atoms with Crippen molar-refractivity contribution >= 4 is 35.5 Å². The topological polar surface area (TPSA) is 165 Å². The lowest BCUT2D eigenvalue weighted by atomic mass is 10.0. The van der Waals surface area contributed by atoms with Gasteiger partial charge in [0, 0.05) is 57.3 Å². The molecule has 0 spiro atoms. The van der Waals surface area contributed by atoms with E-state index in [4.69, 9.17) is 18.9 Å². The van der Waals surface area contributed by atoms with E-state index in [2.05, 4.69) is 54.3 Å². The van der Waals surface area contributed by atoms with Crippen LogP contribution in [0.4, 0.5) is 9.59 Å². The molecule has 5 unspecified atom stereocenters. The minimum Gasteiger partial charge on any atom is -0.379 e. The van der Waals surface area contributed by atoms with E-state index in [1.807, 2.05) is 18.7 Å². The van der Waals surface area contributed by atoms with Crippen LogP contribution in [0, 0.1) is 0 Å². The number of Topliss-reactive ketones (excluding diaryl/α,β-unsaturated/α-hetero) is 1. The summed E-state index contributed by atoms with van der Waals surface area (Å²) in [6, 6.07) is 0.524. The number of rotatable bonds is 22. The Bertz CT molecular complexity index is 903. The molecule has 3 aliphatic heterocycles. The molecule has 0 aliphatic carbocycles. The molecule has 3 heterocycles. The average Bonchev–Trinajstić information content (AvgIpc) is 3.80. The van der Waals surface area contributed by atoms with Crippen LogP contribution >= 0.6 is 11.8 Å². The van der Waals surface area contributed by atoms with E-state index in [1.54, 1.807) is 14.0 Å². The van der Waals surface area contributed by atoms with Gasteiger partial charge >= 0.3 is 12.1 Å². The number of fused-ring (bicyclic) bond motifs is 1. The number of hydrogen-bond donors (Lipinski definition) is 5. The Morgan fingerprint density at radius 1 is 0.863 bits per heavy atom. The number of ketones is 1. The zero-order chi connectivity index (χ0) is 38.1. The molecule has 5 atom stereocenters. The van der Waals surface area contributed by atoms with Gasteiger partial charge < -0.3 is 50.3 Å². The predicted octanol–water partition coefficient (Wildman–Crippen LogP) is 5.34. The van der Waals surface area contributed by atoms with Crippen LogP contribution in [0.3, 0.4) is 0 Å². The summed E-state index contributed by atoms with van der Waals surface area (Å²) in [4.78, 5) is 44.3. The van der Waals surface area contributed by atoms with E-state index < -0.39 is 0 Å². The van der Waals surface area contributed by atoms with Crippen LogP contribution < -0.4 is 26.6 Å². The summed E-state index contributed by atoms with van der Waals surface area (Å²) >= 11 is 1.92. The molecule has 5 amide bonds. The molecular formula is C37H73N5O8S. The molecule has 5 N–H and O–H groups in total. The number of urea groups is 2. The Morgan fingerprint density at radius 2 is 1.49 bits per heavy atom. The second-order valence-electron chi connectivity index (χ2n) is 13.0. The van der Waals surface area contributed by atoms with E-state index in [1.165, 1.54) is 6.42 Å². The molecule has 0 saturated carbocycles. The summed E-state index contributed by atoms with van der Waals surface area (Å²) in [5.74, 6) is 1.40. The second-order valence-corrected chi connectivity index (χ2v) is 14.2. The Balaban J connectivity index is 0.000000965. The quantitative estimate of drug-likeness (QED) is 0.0726. The number of nitrogens with one attached hydrogen (secondary N) is 5. The molecule has 3 aliphatic rings. The highest BCUT2D eigenvalue weighted by atomic mass is 32.2. The lowest BCUT2D eigenvalue weighted by Gasteiger charge is -2.16. The molecule has 3 fully saturated rings. The summed E-state index contributed by atoms with van der Waals surface area (Å²) in [5, 5.41) is 14.7. The number of hydrogen-bond acceptors (Lipinski definition) is 9. The van der Waals surface area contributed by atoms with Crippen molar-refractivity contribution in [2.24, 2.45) is 0 Å². The normalized spacial score (nSPS) is 21.3. The zero-order valence-electron chi connectivity index (χ0n) is 32.9. The third-order valence-corrected chi connectivity index (χ3v) is 9.57.